The largest absolute Gasteiger partial charge is 0.461 e. The molecule has 0 saturated carbocycles. The Labute approximate surface area is 157 Å². The summed E-state index contributed by atoms with van der Waals surface area (Å²) in [6, 6.07) is 11.0. The highest BCUT2D eigenvalue weighted by molar-refractivity contribution is 6.31. The third-order valence-corrected chi connectivity index (χ3v) is 4.22. The Balaban J connectivity index is 1.60. The van der Waals surface area contributed by atoms with Gasteiger partial charge in [-0.15, -0.1) is 0 Å². The van der Waals surface area contributed by atoms with Crippen LogP contribution in [0.3, 0.4) is 0 Å². The topological polar surface area (TPSA) is 115 Å². The van der Waals surface area contributed by atoms with Crippen LogP contribution in [-0.4, -0.2) is 20.9 Å². The molecule has 2 aromatic carbocycles. The van der Waals surface area contributed by atoms with Crippen molar-refractivity contribution in [3.05, 3.63) is 79.2 Å². The lowest BCUT2D eigenvalue weighted by molar-refractivity contribution is -0.384. The van der Waals surface area contributed by atoms with Crippen molar-refractivity contribution in [2.24, 2.45) is 0 Å². The predicted molar refractivity (Wildman–Crippen MR) is 98.6 cm³/mol. The third kappa shape index (κ3) is 4.48. The van der Waals surface area contributed by atoms with Crippen LogP contribution >= 0.6 is 11.6 Å². The molecule has 0 aliphatic carbocycles. The first-order valence-corrected chi connectivity index (χ1v) is 8.38. The molecular formula is C18H14ClN3O5. The number of nitrogens with one attached hydrogen (secondary N) is 1. The average Bonchev–Trinajstić information content (AvgIpc) is 2.65. The summed E-state index contributed by atoms with van der Waals surface area (Å²) >= 11 is 5.95. The van der Waals surface area contributed by atoms with Crippen LogP contribution in [0.15, 0.2) is 47.3 Å². The minimum Gasteiger partial charge on any atom is -0.461 e. The number of aromatic nitrogens is 2. The van der Waals surface area contributed by atoms with Gasteiger partial charge in [0.15, 0.2) is 0 Å². The van der Waals surface area contributed by atoms with Crippen molar-refractivity contribution >= 4 is 34.3 Å². The molecule has 3 rings (SSSR count). The van der Waals surface area contributed by atoms with Gasteiger partial charge in [-0.05, 0) is 18.2 Å². The molecule has 3 aromatic rings. The number of para-hydroxylation sites is 2. The van der Waals surface area contributed by atoms with E-state index < -0.39 is 10.9 Å². The number of H-pyrrole nitrogens is 1. The van der Waals surface area contributed by atoms with Crippen molar-refractivity contribution in [2.45, 2.75) is 19.4 Å². The summed E-state index contributed by atoms with van der Waals surface area (Å²) in [5.74, 6) is -0.529. The van der Waals surface area contributed by atoms with E-state index in [1.165, 1.54) is 18.2 Å². The fourth-order valence-electron chi connectivity index (χ4n) is 2.45. The van der Waals surface area contributed by atoms with Crippen LogP contribution in [0.4, 0.5) is 5.69 Å². The van der Waals surface area contributed by atoms with Crippen LogP contribution in [0.1, 0.15) is 17.7 Å². The van der Waals surface area contributed by atoms with Crippen LogP contribution in [-0.2, 0) is 22.6 Å². The number of nitrogens with zero attached hydrogens (tertiary/aromatic N) is 2. The van der Waals surface area contributed by atoms with Crippen molar-refractivity contribution in [1.82, 2.24) is 9.97 Å². The molecule has 0 unspecified atom stereocenters. The van der Waals surface area contributed by atoms with E-state index in [1.54, 1.807) is 24.3 Å². The maximum absolute atomic E-state index is 12.0. The van der Waals surface area contributed by atoms with Gasteiger partial charge in [-0.3, -0.25) is 19.7 Å². The molecule has 1 heterocycles. The molecule has 8 nitrogen and oxygen atoms in total. The van der Waals surface area contributed by atoms with Crippen LogP contribution < -0.4 is 5.56 Å². The van der Waals surface area contributed by atoms with Gasteiger partial charge in [0.1, 0.15) is 12.3 Å². The molecule has 0 spiro atoms. The van der Waals surface area contributed by atoms with Gasteiger partial charge < -0.3 is 9.72 Å². The molecular weight excluding hydrogens is 374 g/mol. The van der Waals surface area contributed by atoms with E-state index in [1.807, 2.05) is 0 Å². The number of aromatic amines is 1. The summed E-state index contributed by atoms with van der Waals surface area (Å²) in [6.45, 7) is -0.114. The number of halogens is 1. The van der Waals surface area contributed by atoms with Crippen molar-refractivity contribution in [2.75, 3.05) is 0 Å². The Morgan fingerprint density at radius 1 is 1.26 bits per heavy atom. The number of benzene rings is 2. The molecule has 0 radical (unpaired) electrons. The number of aryl methyl sites for hydroxylation is 1. The Morgan fingerprint density at radius 2 is 2.04 bits per heavy atom. The third-order valence-electron chi connectivity index (χ3n) is 3.87. The molecule has 0 amide bonds. The summed E-state index contributed by atoms with van der Waals surface area (Å²) in [4.78, 5) is 41.1. The average molecular weight is 388 g/mol. The summed E-state index contributed by atoms with van der Waals surface area (Å²) in [5, 5.41) is 10.8. The number of nitro benzene ring substituents is 1. The van der Waals surface area contributed by atoms with Gasteiger partial charge in [-0.2, -0.15) is 0 Å². The molecule has 9 heteroatoms. The van der Waals surface area contributed by atoms with E-state index in [-0.39, 0.29) is 41.4 Å². The maximum atomic E-state index is 12.0. The van der Waals surface area contributed by atoms with E-state index in [4.69, 9.17) is 16.3 Å². The summed E-state index contributed by atoms with van der Waals surface area (Å²) in [5.41, 5.74) is 1.48. The molecule has 0 aliphatic heterocycles. The quantitative estimate of drug-likeness (QED) is 0.394. The second-order valence-corrected chi connectivity index (χ2v) is 6.13. The van der Waals surface area contributed by atoms with Crippen LogP contribution in [0.2, 0.25) is 5.02 Å². The molecule has 0 atom stereocenters. The number of nitro groups is 1. The van der Waals surface area contributed by atoms with Gasteiger partial charge in [0.25, 0.3) is 11.2 Å². The molecule has 138 valence electrons. The van der Waals surface area contributed by atoms with Gasteiger partial charge in [-0.25, -0.2) is 4.98 Å². The zero-order chi connectivity index (χ0) is 19.4. The van der Waals surface area contributed by atoms with E-state index in [0.717, 1.165) is 0 Å². The zero-order valence-corrected chi connectivity index (χ0v) is 14.7. The molecule has 1 N–H and O–H groups in total. The van der Waals surface area contributed by atoms with E-state index in [0.29, 0.717) is 16.6 Å². The highest BCUT2D eigenvalue weighted by Gasteiger charge is 2.12. The van der Waals surface area contributed by atoms with Gasteiger partial charge in [0.2, 0.25) is 0 Å². The first-order valence-electron chi connectivity index (χ1n) is 8.00. The lowest BCUT2D eigenvalue weighted by Crippen LogP contribution is -2.17. The van der Waals surface area contributed by atoms with Crippen LogP contribution in [0.25, 0.3) is 11.0 Å². The molecule has 0 fully saturated rings. The zero-order valence-electron chi connectivity index (χ0n) is 14.0. The van der Waals surface area contributed by atoms with Gasteiger partial charge in [0.05, 0.1) is 27.4 Å². The SMILES string of the molecule is O=C(CCc1nc2ccccc2[nH]c1=O)OCc1ccc([N+](=O)[O-])cc1Cl. The van der Waals surface area contributed by atoms with E-state index in [9.17, 15) is 19.7 Å². The number of fused-ring (bicyclic) bond motifs is 1. The second-order valence-electron chi connectivity index (χ2n) is 5.72. The van der Waals surface area contributed by atoms with Crippen LogP contribution in [0.5, 0.6) is 0 Å². The number of carbonyl (C=O) groups is 1. The number of carbonyl (C=O) groups excluding carboxylic acids is 1. The number of rotatable bonds is 6. The van der Waals surface area contributed by atoms with Crippen molar-refractivity contribution in [1.29, 1.82) is 0 Å². The normalized spacial score (nSPS) is 10.7. The Hall–Kier alpha value is -3.26. The summed E-state index contributed by atoms with van der Waals surface area (Å²) in [7, 11) is 0. The van der Waals surface area contributed by atoms with Gasteiger partial charge in [-0.1, -0.05) is 23.7 Å². The number of hydrogen-bond donors (Lipinski definition) is 1. The maximum Gasteiger partial charge on any atom is 0.306 e. The lowest BCUT2D eigenvalue weighted by Gasteiger charge is -2.07. The summed E-state index contributed by atoms with van der Waals surface area (Å²) in [6.07, 6.45) is 0.103. The number of esters is 1. The number of non-ortho nitro benzene ring substituents is 1. The Kier molecular flexibility index (Phi) is 5.46. The van der Waals surface area contributed by atoms with Crippen LogP contribution in [0, 0.1) is 10.1 Å². The van der Waals surface area contributed by atoms with Crippen molar-refractivity contribution < 1.29 is 14.5 Å². The van der Waals surface area contributed by atoms with Crippen molar-refractivity contribution in [3.8, 4) is 0 Å². The minimum absolute atomic E-state index is 0.0287. The van der Waals surface area contributed by atoms with Gasteiger partial charge in [0, 0.05) is 24.1 Å². The number of hydrogen-bond acceptors (Lipinski definition) is 6. The monoisotopic (exact) mass is 387 g/mol. The summed E-state index contributed by atoms with van der Waals surface area (Å²) < 4.78 is 5.13. The van der Waals surface area contributed by atoms with E-state index >= 15 is 0 Å². The fraction of sp³-hybridized carbons (Fsp3) is 0.167. The Morgan fingerprint density at radius 3 is 2.78 bits per heavy atom. The minimum atomic E-state index is -0.560. The predicted octanol–water partition coefficient (Wildman–Crippen LogP) is 3.16. The van der Waals surface area contributed by atoms with Gasteiger partial charge >= 0.3 is 5.97 Å². The molecule has 1 aromatic heterocycles. The second kappa shape index (κ2) is 7.96. The standard InChI is InChI=1S/C18H14ClN3O5/c19-13-9-12(22(25)26)6-5-11(13)10-27-17(23)8-7-16-18(24)21-15-4-2-1-3-14(15)20-16/h1-6,9H,7-8,10H2,(H,21,24). The molecule has 27 heavy (non-hydrogen) atoms. The highest BCUT2D eigenvalue weighted by Crippen LogP contribution is 2.23. The first-order chi connectivity index (χ1) is 12.9. The lowest BCUT2D eigenvalue weighted by atomic mass is 10.2. The fourth-order valence-corrected chi connectivity index (χ4v) is 2.68. The smallest absolute Gasteiger partial charge is 0.306 e. The molecule has 0 aliphatic rings. The number of ether oxygens (including phenoxy) is 1. The van der Waals surface area contributed by atoms with E-state index in [2.05, 4.69) is 9.97 Å². The molecule has 0 bridgehead atoms. The highest BCUT2D eigenvalue weighted by atomic mass is 35.5. The van der Waals surface area contributed by atoms with Crippen molar-refractivity contribution in [3.63, 3.8) is 0 Å². The first kappa shape index (κ1) is 18.5. The Bertz CT molecular complexity index is 1080. The molecule has 0 saturated heterocycles.